The van der Waals surface area contributed by atoms with Gasteiger partial charge in [0.05, 0.1) is 10.6 Å². The molecule has 43 heavy (non-hydrogen) atoms. The first kappa shape index (κ1) is 31.4. The van der Waals surface area contributed by atoms with Crippen LogP contribution in [0.1, 0.15) is 23.6 Å². The third kappa shape index (κ3) is 8.04. The van der Waals surface area contributed by atoms with Crippen LogP contribution in [-0.2, 0) is 32.6 Å². The molecule has 0 saturated heterocycles. The van der Waals surface area contributed by atoms with Crippen molar-refractivity contribution in [2.75, 3.05) is 17.4 Å². The Balaban J connectivity index is 1.78. The fourth-order valence-electron chi connectivity index (χ4n) is 4.61. The van der Waals surface area contributed by atoms with Crippen molar-refractivity contribution in [1.29, 1.82) is 0 Å². The van der Waals surface area contributed by atoms with Gasteiger partial charge in [-0.1, -0.05) is 60.2 Å². The summed E-state index contributed by atoms with van der Waals surface area (Å²) < 4.78 is 56.3. The number of benzene rings is 4. The first-order valence-corrected chi connectivity index (χ1v) is 15.2. The van der Waals surface area contributed by atoms with Crippen LogP contribution in [0.5, 0.6) is 0 Å². The molecular weight excluding hydrogens is 572 g/mol. The molecule has 0 heterocycles. The van der Waals surface area contributed by atoms with E-state index in [1.54, 1.807) is 19.1 Å². The molecule has 1 N–H and O–H groups in total. The molecule has 4 aromatic rings. The van der Waals surface area contributed by atoms with E-state index in [1.807, 2.05) is 37.3 Å². The second kappa shape index (κ2) is 14.1. The maximum absolute atomic E-state index is 14.2. The topological polar surface area (TPSA) is 86.8 Å². The van der Waals surface area contributed by atoms with Gasteiger partial charge in [0.25, 0.3) is 10.0 Å². The smallest absolute Gasteiger partial charge is 0.264 e. The first-order valence-electron chi connectivity index (χ1n) is 13.8. The molecule has 7 nitrogen and oxygen atoms in total. The van der Waals surface area contributed by atoms with Gasteiger partial charge >= 0.3 is 0 Å². The molecule has 0 bridgehead atoms. The van der Waals surface area contributed by atoms with Crippen LogP contribution in [0.15, 0.2) is 108 Å². The largest absolute Gasteiger partial charge is 0.355 e. The summed E-state index contributed by atoms with van der Waals surface area (Å²) >= 11 is 0. The van der Waals surface area contributed by atoms with Gasteiger partial charge in [-0.25, -0.2) is 17.2 Å². The molecule has 10 heteroatoms. The van der Waals surface area contributed by atoms with Gasteiger partial charge in [0.1, 0.15) is 24.2 Å². The molecule has 0 unspecified atom stereocenters. The summed E-state index contributed by atoms with van der Waals surface area (Å²) in [6, 6.07) is 24.6. The quantitative estimate of drug-likeness (QED) is 0.239. The lowest BCUT2D eigenvalue weighted by molar-refractivity contribution is -0.140. The Hall–Kier alpha value is -4.57. The minimum Gasteiger partial charge on any atom is -0.355 e. The highest BCUT2D eigenvalue weighted by molar-refractivity contribution is 7.92. The van der Waals surface area contributed by atoms with Crippen molar-refractivity contribution in [3.63, 3.8) is 0 Å². The maximum atomic E-state index is 14.2. The van der Waals surface area contributed by atoms with Crippen LogP contribution >= 0.6 is 0 Å². The van der Waals surface area contributed by atoms with Crippen molar-refractivity contribution in [2.24, 2.45) is 0 Å². The van der Waals surface area contributed by atoms with Crippen molar-refractivity contribution in [1.82, 2.24) is 10.2 Å². The van der Waals surface area contributed by atoms with Gasteiger partial charge in [0, 0.05) is 19.5 Å². The average molecular weight is 606 g/mol. The number of sulfonamides is 1. The second-order valence-electron chi connectivity index (χ2n) is 10.0. The first-order chi connectivity index (χ1) is 20.6. The lowest BCUT2D eigenvalue weighted by atomic mass is 10.0. The number of likely N-dealkylation sites (N-methyl/N-ethyl adjacent to an activating group) is 1. The van der Waals surface area contributed by atoms with Crippen LogP contribution < -0.4 is 9.62 Å². The van der Waals surface area contributed by atoms with E-state index in [0.717, 1.165) is 27.6 Å². The van der Waals surface area contributed by atoms with E-state index in [-0.39, 0.29) is 23.5 Å². The minimum absolute atomic E-state index is 0.0510. The van der Waals surface area contributed by atoms with Crippen LogP contribution in [0.3, 0.4) is 0 Å². The Kier molecular flexibility index (Phi) is 10.3. The van der Waals surface area contributed by atoms with E-state index in [2.05, 4.69) is 5.32 Å². The summed E-state index contributed by atoms with van der Waals surface area (Å²) in [7, 11) is -4.29. The molecule has 0 fully saturated rings. The highest BCUT2D eigenvalue weighted by Gasteiger charge is 2.34. The molecule has 1 atom stereocenters. The predicted molar refractivity (Wildman–Crippen MR) is 162 cm³/mol. The number of carbonyl (C=O) groups excluding carboxylic acids is 2. The van der Waals surface area contributed by atoms with E-state index in [0.29, 0.717) is 12.1 Å². The second-order valence-corrected chi connectivity index (χ2v) is 11.9. The lowest BCUT2D eigenvalue weighted by Crippen LogP contribution is -2.53. The zero-order chi connectivity index (χ0) is 31.0. The summed E-state index contributed by atoms with van der Waals surface area (Å²) in [6.07, 6.45) is 0.154. The van der Waals surface area contributed by atoms with E-state index in [4.69, 9.17) is 0 Å². The molecule has 4 rings (SSSR count). The molecule has 224 valence electrons. The number of hydrogen-bond donors (Lipinski definition) is 1. The zero-order valence-corrected chi connectivity index (χ0v) is 24.7. The van der Waals surface area contributed by atoms with Gasteiger partial charge in [0.2, 0.25) is 11.8 Å². The van der Waals surface area contributed by atoms with Crippen LogP contribution in [0, 0.1) is 18.6 Å². The number of hydrogen-bond acceptors (Lipinski definition) is 4. The summed E-state index contributed by atoms with van der Waals surface area (Å²) in [5, 5.41) is 2.78. The van der Waals surface area contributed by atoms with E-state index < -0.39 is 46.1 Å². The Morgan fingerprint density at radius 1 is 0.791 bits per heavy atom. The third-order valence-electron chi connectivity index (χ3n) is 6.89. The van der Waals surface area contributed by atoms with E-state index in [9.17, 15) is 26.8 Å². The SMILES string of the molecule is CCNC(=O)[C@@H](Cc1ccccc1)N(Cc1ccc(F)cc1)C(=O)CN(c1ccc(F)cc1)S(=O)(=O)c1ccc(C)cc1. The molecule has 0 saturated carbocycles. The Bertz CT molecular complexity index is 1630. The van der Waals surface area contributed by atoms with E-state index >= 15 is 0 Å². The van der Waals surface area contributed by atoms with Gasteiger partial charge < -0.3 is 10.2 Å². The molecule has 0 aromatic heterocycles. The number of rotatable bonds is 12. The van der Waals surface area contributed by atoms with Gasteiger partial charge in [0.15, 0.2) is 0 Å². The standard InChI is InChI=1S/C33H33F2N3O4S/c1-3-36-33(40)31(21-25-7-5-4-6-8-25)37(22-26-11-13-27(34)14-12-26)32(39)23-38(29-17-15-28(35)16-18-29)43(41,42)30-19-9-24(2)10-20-30/h4-20,31H,3,21-23H2,1-2H3,(H,36,40)/t31-/m1/s1. The number of carbonyl (C=O) groups is 2. The van der Waals surface area contributed by atoms with Crippen LogP contribution in [0.2, 0.25) is 0 Å². The number of nitrogens with one attached hydrogen (secondary N) is 1. The molecular formula is C33H33F2N3O4S. The molecule has 0 spiro atoms. The molecule has 2 amide bonds. The fraction of sp³-hybridized carbons (Fsp3) is 0.212. The lowest BCUT2D eigenvalue weighted by Gasteiger charge is -2.33. The summed E-state index contributed by atoms with van der Waals surface area (Å²) in [5.41, 5.74) is 2.26. The Labute approximate surface area is 250 Å². The Morgan fingerprint density at radius 2 is 1.37 bits per heavy atom. The molecule has 0 aliphatic rings. The van der Waals surface area contributed by atoms with Gasteiger partial charge in [-0.05, 0) is 73.5 Å². The summed E-state index contributed by atoms with van der Waals surface area (Å²) in [5.74, 6) is -2.12. The van der Waals surface area contributed by atoms with Crippen molar-refractivity contribution in [3.05, 3.63) is 131 Å². The average Bonchev–Trinajstić information content (AvgIpc) is 3.00. The van der Waals surface area contributed by atoms with Crippen molar-refractivity contribution in [3.8, 4) is 0 Å². The van der Waals surface area contributed by atoms with Crippen LogP contribution in [0.4, 0.5) is 14.5 Å². The van der Waals surface area contributed by atoms with Crippen LogP contribution in [0.25, 0.3) is 0 Å². The van der Waals surface area contributed by atoms with Gasteiger partial charge in [-0.2, -0.15) is 0 Å². The molecule has 0 aliphatic carbocycles. The summed E-state index contributed by atoms with van der Waals surface area (Å²) in [6.45, 7) is 3.13. The molecule has 4 aromatic carbocycles. The van der Waals surface area contributed by atoms with Crippen LogP contribution in [-0.4, -0.2) is 44.3 Å². The van der Waals surface area contributed by atoms with Crippen molar-refractivity contribution < 1.29 is 26.8 Å². The van der Waals surface area contributed by atoms with Crippen molar-refractivity contribution in [2.45, 2.75) is 37.8 Å². The summed E-state index contributed by atoms with van der Waals surface area (Å²) in [4.78, 5) is 28.9. The number of aryl methyl sites for hydroxylation is 1. The highest BCUT2D eigenvalue weighted by Crippen LogP contribution is 2.26. The van der Waals surface area contributed by atoms with E-state index in [1.165, 1.54) is 53.4 Å². The zero-order valence-electron chi connectivity index (χ0n) is 23.9. The Morgan fingerprint density at radius 3 is 1.95 bits per heavy atom. The number of amides is 2. The monoisotopic (exact) mass is 605 g/mol. The number of halogens is 2. The number of anilines is 1. The van der Waals surface area contributed by atoms with Crippen molar-refractivity contribution >= 4 is 27.5 Å². The van der Waals surface area contributed by atoms with Gasteiger partial charge in [-0.15, -0.1) is 0 Å². The predicted octanol–water partition coefficient (Wildman–Crippen LogP) is 5.24. The maximum Gasteiger partial charge on any atom is 0.264 e. The minimum atomic E-state index is -4.29. The molecule has 0 aliphatic heterocycles. The third-order valence-corrected chi connectivity index (χ3v) is 8.68. The number of nitrogens with zero attached hydrogens (tertiary/aromatic N) is 2. The fourth-order valence-corrected chi connectivity index (χ4v) is 6.02. The van der Waals surface area contributed by atoms with Gasteiger partial charge in [-0.3, -0.25) is 13.9 Å². The molecule has 0 radical (unpaired) electrons. The highest BCUT2D eigenvalue weighted by atomic mass is 32.2. The normalized spacial score (nSPS) is 11.9.